The number of amides is 3. The molecule has 0 bridgehead atoms. The maximum Gasteiger partial charge on any atom is 0.253 e. The van der Waals surface area contributed by atoms with Crippen LogP contribution in [0, 0.1) is 5.92 Å². The zero-order chi connectivity index (χ0) is 15.1. The van der Waals surface area contributed by atoms with Crippen LogP contribution in [0.3, 0.4) is 0 Å². The molecule has 0 saturated carbocycles. The van der Waals surface area contributed by atoms with E-state index in [9.17, 15) is 14.4 Å². The highest BCUT2D eigenvalue weighted by Crippen LogP contribution is 2.16. The Bertz CT molecular complexity index is 386. The van der Waals surface area contributed by atoms with Gasteiger partial charge in [0, 0.05) is 38.2 Å². The van der Waals surface area contributed by atoms with Gasteiger partial charge in [0.05, 0.1) is 0 Å². The van der Waals surface area contributed by atoms with Crippen LogP contribution in [0.4, 0.5) is 0 Å². The molecular formula is C15H24N2O3. The molecular weight excluding hydrogens is 256 g/mol. The van der Waals surface area contributed by atoms with E-state index in [0.29, 0.717) is 25.3 Å². The van der Waals surface area contributed by atoms with E-state index >= 15 is 0 Å². The minimum Gasteiger partial charge on any atom is -0.342 e. The highest BCUT2D eigenvalue weighted by Gasteiger charge is 2.25. The van der Waals surface area contributed by atoms with Gasteiger partial charge in [-0.1, -0.05) is 20.8 Å². The van der Waals surface area contributed by atoms with Crippen molar-refractivity contribution in [2.75, 3.05) is 19.6 Å². The van der Waals surface area contributed by atoms with Crippen LogP contribution in [-0.4, -0.2) is 47.2 Å². The topological polar surface area (TPSA) is 57.7 Å². The second-order valence-electron chi connectivity index (χ2n) is 5.00. The number of hydrogen-bond acceptors (Lipinski definition) is 3. The van der Waals surface area contributed by atoms with Crippen LogP contribution < -0.4 is 0 Å². The third-order valence-electron chi connectivity index (χ3n) is 3.45. The summed E-state index contributed by atoms with van der Waals surface area (Å²) in [4.78, 5) is 37.5. The Kier molecular flexibility index (Phi) is 6.42. The second-order valence-corrected chi connectivity index (χ2v) is 5.00. The molecule has 0 aromatic heterocycles. The van der Waals surface area contributed by atoms with Crippen LogP contribution in [0.15, 0.2) is 12.2 Å². The highest BCUT2D eigenvalue weighted by atomic mass is 16.2. The second kappa shape index (κ2) is 7.82. The summed E-state index contributed by atoms with van der Waals surface area (Å²) < 4.78 is 0. The zero-order valence-corrected chi connectivity index (χ0v) is 12.6. The van der Waals surface area contributed by atoms with Crippen molar-refractivity contribution >= 4 is 17.7 Å². The first-order valence-corrected chi connectivity index (χ1v) is 7.39. The fourth-order valence-electron chi connectivity index (χ4n) is 2.36. The Morgan fingerprint density at radius 3 is 2.35 bits per heavy atom. The molecule has 1 saturated heterocycles. The summed E-state index contributed by atoms with van der Waals surface area (Å²) in [6.45, 7) is 8.14. The van der Waals surface area contributed by atoms with Crippen LogP contribution in [0.2, 0.25) is 0 Å². The van der Waals surface area contributed by atoms with Crippen LogP contribution >= 0.6 is 0 Å². The number of hydrogen-bond donors (Lipinski definition) is 0. The predicted octanol–water partition coefficient (Wildman–Crippen LogP) is 1.59. The van der Waals surface area contributed by atoms with Gasteiger partial charge in [0.25, 0.3) is 11.8 Å². The van der Waals surface area contributed by atoms with Gasteiger partial charge in [-0.05, 0) is 18.8 Å². The van der Waals surface area contributed by atoms with Gasteiger partial charge in [0.1, 0.15) is 0 Å². The van der Waals surface area contributed by atoms with Gasteiger partial charge in [-0.25, -0.2) is 0 Å². The lowest BCUT2D eigenvalue weighted by molar-refractivity contribution is -0.138. The first-order valence-electron chi connectivity index (χ1n) is 7.39. The van der Waals surface area contributed by atoms with Crippen molar-refractivity contribution in [1.29, 1.82) is 0 Å². The van der Waals surface area contributed by atoms with Crippen LogP contribution in [0.5, 0.6) is 0 Å². The molecule has 2 rings (SSSR count). The third-order valence-corrected chi connectivity index (χ3v) is 3.45. The maximum absolute atomic E-state index is 11.8. The number of likely N-dealkylation sites (tertiary alicyclic amines) is 1. The molecule has 0 aliphatic carbocycles. The van der Waals surface area contributed by atoms with Crippen molar-refractivity contribution in [1.82, 2.24) is 9.80 Å². The first-order chi connectivity index (χ1) is 9.58. The summed E-state index contributed by atoms with van der Waals surface area (Å²) in [5, 5.41) is 0. The van der Waals surface area contributed by atoms with E-state index in [-0.39, 0.29) is 17.7 Å². The quantitative estimate of drug-likeness (QED) is 0.735. The summed E-state index contributed by atoms with van der Waals surface area (Å²) in [6.07, 6.45) is 4.56. The smallest absolute Gasteiger partial charge is 0.253 e. The molecule has 5 heteroatoms. The van der Waals surface area contributed by atoms with Gasteiger partial charge in [-0.2, -0.15) is 0 Å². The molecule has 2 aliphatic heterocycles. The number of carbonyl (C=O) groups is 3. The van der Waals surface area contributed by atoms with Crippen molar-refractivity contribution < 1.29 is 14.4 Å². The van der Waals surface area contributed by atoms with E-state index in [1.54, 1.807) is 0 Å². The molecule has 1 atom stereocenters. The number of carbonyl (C=O) groups excluding carboxylic acids is 3. The number of nitrogens with zero attached hydrogens (tertiary/aromatic N) is 2. The Morgan fingerprint density at radius 1 is 1.25 bits per heavy atom. The zero-order valence-electron chi connectivity index (χ0n) is 12.6. The molecule has 0 spiro atoms. The van der Waals surface area contributed by atoms with E-state index in [1.165, 1.54) is 17.1 Å². The van der Waals surface area contributed by atoms with Crippen molar-refractivity contribution in [3.05, 3.63) is 12.2 Å². The fourth-order valence-corrected chi connectivity index (χ4v) is 2.36. The molecule has 2 heterocycles. The van der Waals surface area contributed by atoms with Gasteiger partial charge >= 0.3 is 0 Å². The SMILES string of the molecule is CC.CC1CCN(C(=O)CCCN2C(=O)C=CC2=O)C1. The summed E-state index contributed by atoms with van der Waals surface area (Å²) in [7, 11) is 0. The molecule has 5 nitrogen and oxygen atoms in total. The normalized spacial score (nSPS) is 21.2. The van der Waals surface area contributed by atoms with E-state index in [0.717, 1.165) is 19.5 Å². The molecule has 2 aliphatic rings. The number of imide groups is 1. The minimum atomic E-state index is -0.276. The molecule has 0 radical (unpaired) electrons. The van der Waals surface area contributed by atoms with Gasteiger partial charge in [-0.3, -0.25) is 19.3 Å². The number of rotatable bonds is 4. The highest BCUT2D eigenvalue weighted by molar-refractivity contribution is 6.12. The average molecular weight is 280 g/mol. The summed E-state index contributed by atoms with van der Waals surface area (Å²) >= 11 is 0. The predicted molar refractivity (Wildman–Crippen MR) is 76.8 cm³/mol. The summed E-state index contributed by atoms with van der Waals surface area (Å²) in [5.41, 5.74) is 0. The summed E-state index contributed by atoms with van der Waals surface area (Å²) in [6, 6.07) is 0. The average Bonchev–Trinajstić information content (AvgIpc) is 3.01. The third kappa shape index (κ3) is 4.18. The maximum atomic E-state index is 11.8. The molecule has 3 amide bonds. The monoisotopic (exact) mass is 280 g/mol. The van der Waals surface area contributed by atoms with Crippen molar-refractivity contribution in [2.45, 2.75) is 40.0 Å². The lowest BCUT2D eigenvalue weighted by Crippen LogP contribution is -2.33. The van der Waals surface area contributed by atoms with Gasteiger partial charge in [0.2, 0.25) is 5.91 Å². The molecule has 112 valence electrons. The van der Waals surface area contributed by atoms with Crippen LogP contribution in [0.1, 0.15) is 40.0 Å². The Hall–Kier alpha value is -1.65. The molecule has 0 aromatic carbocycles. The first kappa shape index (κ1) is 16.4. The van der Waals surface area contributed by atoms with E-state index in [2.05, 4.69) is 6.92 Å². The molecule has 0 aromatic rings. The lowest BCUT2D eigenvalue weighted by atomic mass is 10.2. The lowest BCUT2D eigenvalue weighted by Gasteiger charge is -2.17. The molecule has 20 heavy (non-hydrogen) atoms. The van der Waals surface area contributed by atoms with Crippen LogP contribution in [0.25, 0.3) is 0 Å². The fraction of sp³-hybridized carbons (Fsp3) is 0.667. The van der Waals surface area contributed by atoms with Crippen LogP contribution in [-0.2, 0) is 14.4 Å². The van der Waals surface area contributed by atoms with E-state index in [1.807, 2.05) is 18.7 Å². The largest absolute Gasteiger partial charge is 0.342 e. The van der Waals surface area contributed by atoms with E-state index in [4.69, 9.17) is 0 Å². The molecule has 0 N–H and O–H groups in total. The minimum absolute atomic E-state index is 0.131. The Balaban J connectivity index is 0.000000956. The van der Waals surface area contributed by atoms with Gasteiger partial charge in [0.15, 0.2) is 0 Å². The Morgan fingerprint density at radius 2 is 1.85 bits per heavy atom. The van der Waals surface area contributed by atoms with E-state index < -0.39 is 0 Å². The molecule has 1 unspecified atom stereocenters. The van der Waals surface area contributed by atoms with Gasteiger partial charge in [-0.15, -0.1) is 0 Å². The Labute approximate surface area is 120 Å². The van der Waals surface area contributed by atoms with Crippen molar-refractivity contribution in [2.24, 2.45) is 5.92 Å². The van der Waals surface area contributed by atoms with Gasteiger partial charge < -0.3 is 4.90 Å². The van der Waals surface area contributed by atoms with Crippen molar-refractivity contribution in [3.8, 4) is 0 Å². The summed E-state index contributed by atoms with van der Waals surface area (Å²) in [5.74, 6) is 0.163. The molecule has 1 fully saturated rings. The standard InChI is InChI=1S/C13H18N2O3.C2H6/c1-10-6-8-14(9-10)11(16)3-2-7-15-12(17)4-5-13(15)18;1-2/h4-5,10H,2-3,6-9H2,1H3;1-2H3. The van der Waals surface area contributed by atoms with Crippen molar-refractivity contribution in [3.63, 3.8) is 0 Å².